The van der Waals surface area contributed by atoms with Crippen molar-refractivity contribution in [1.29, 1.82) is 0 Å². The second-order valence-electron chi connectivity index (χ2n) is 3.83. The van der Waals surface area contributed by atoms with Gasteiger partial charge in [-0.2, -0.15) is 5.10 Å². The number of aryl methyl sites for hydroxylation is 1. The summed E-state index contributed by atoms with van der Waals surface area (Å²) in [6.07, 6.45) is 1.75. The Bertz CT molecular complexity index is 561. The number of benzene rings is 1. The van der Waals surface area contributed by atoms with Crippen molar-refractivity contribution in [3.63, 3.8) is 0 Å². The molecular weight excluding hydrogens is 296 g/mol. The first-order chi connectivity index (χ1) is 8.61. The maximum atomic E-state index is 11.6. The van der Waals surface area contributed by atoms with E-state index in [1.54, 1.807) is 17.8 Å². The predicted molar refractivity (Wildman–Crippen MR) is 72.0 cm³/mol. The molecule has 0 amide bonds. The summed E-state index contributed by atoms with van der Waals surface area (Å²) in [7, 11) is 0. The molecule has 0 unspecified atom stereocenters. The van der Waals surface area contributed by atoms with Crippen molar-refractivity contribution in [3.8, 4) is 5.69 Å². The quantitative estimate of drug-likeness (QED) is 0.818. The van der Waals surface area contributed by atoms with E-state index in [2.05, 4.69) is 21.0 Å². The van der Waals surface area contributed by atoms with E-state index in [9.17, 15) is 4.79 Å². The molecule has 0 fully saturated rings. The first-order valence-corrected chi connectivity index (χ1v) is 6.40. The highest BCUT2D eigenvalue weighted by Gasteiger charge is 2.16. The van der Waals surface area contributed by atoms with E-state index in [1.807, 2.05) is 31.2 Å². The van der Waals surface area contributed by atoms with Crippen LogP contribution >= 0.6 is 15.9 Å². The SMILES string of the molecule is CCOC(=O)c1nn(-c2ccc(C)cc2)cc1Br. The average molecular weight is 309 g/mol. The van der Waals surface area contributed by atoms with Gasteiger partial charge in [0.15, 0.2) is 5.69 Å². The summed E-state index contributed by atoms with van der Waals surface area (Å²) in [5, 5.41) is 4.22. The fourth-order valence-corrected chi connectivity index (χ4v) is 1.96. The minimum Gasteiger partial charge on any atom is -0.461 e. The first kappa shape index (κ1) is 12.8. The summed E-state index contributed by atoms with van der Waals surface area (Å²) in [5.41, 5.74) is 2.37. The maximum absolute atomic E-state index is 11.6. The molecule has 18 heavy (non-hydrogen) atoms. The first-order valence-electron chi connectivity index (χ1n) is 5.61. The molecule has 0 aliphatic carbocycles. The molecule has 0 bridgehead atoms. The van der Waals surface area contributed by atoms with Crippen LogP contribution in [0.25, 0.3) is 5.69 Å². The Labute approximate surface area is 114 Å². The van der Waals surface area contributed by atoms with Crippen LogP contribution in [0.3, 0.4) is 0 Å². The largest absolute Gasteiger partial charge is 0.461 e. The van der Waals surface area contributed by atoms with Crippen LogP contribution in [-0.2, 0) is 4.74 Å². The van der Waals surface area contributed by atoms with Crippen LogP contribution in [0.5, 0.6) is 0 Å². The van der Waals surface area contributed by atoms with Crippen LogP contribution in [0.4, 0.5) is 0 Å². The van der Waals surface area contributed by atoms with Gasteiger partial charge in [-0.05, 0) is 41.9 Å². The lowest BCUT2D eigenvalue weighted by Crippen LogP contribution is -2.07. The van der Waals surface area contributed by atoms with Gasteiger partial charge >= 0.3 is 5.97 Å². The summed E-state index contributed by atoms with van der Waals surface area (Å²) in [6.45, 7) is 4.12. The maximum Gasteiger partial charge on any atom is 0.360 e. The van der Waals surface area contributed by atoms with Crippen LogP contribution in [0, 0.1) is 6.92 Å². The average Bonchev–Trinajstić information content (AvgIpc) is 2.72. The van der Waals surface area contributed by atoms with E-state index < -0.39 is 5.97 Å². The van der Waals surface area contributed by atoms with Crippen LogP contribution in [0.1, 0.15) is 23.0 Å². The van der Waals surface area contributed by atoms with E-state index in [4.69, 9.17) is 4.74 Å². The van der Waals surface area contributed by atoms with E-state index in [-0.39, 0.29) is 5.69 Å². The van der Waals surface area contributed by atoms with Crippen molar-refractivity contribution >= 4 is 21.9 Å². The molecular formula is C13H13BrN2O2. The number of hydrogen-bond acceptors (Lipinski definition) is 3. The highest BCUT2D eigenvalue weighted by molar-refractivity contribution is 9.10. The topological polar surface area (TPSA) is 44.1 Å². The molecule has 0 saturated carbocycles. The molecule has 2 aromatic rings. The molecule has 1 heterocycles. The van der Waals surface area contributed by atoms with Gasteiger partial charge in [-0.15, -0.1) is 0 Å². The third-order valence-electron chi connectivity index (χ3n) is 2.44. The number of hydrogen-bond donors (Lipinski definition) is 0. The van der Waals surface area contributed by atoms with E-state index in [1.165, 1.54) is 5.56 Å². The number of nitrogens with zero attached hydrogens (tertiary/aromatic N) is 2. The molecule has 0 saturated heterocycles. The predicted octanol–water partition coefficient (Wildman–Crippen LogP) is 3.12. The van der Waals surface area contributed by atoms with Crippen molar-refractivity contribution in [2.45, 2.75) is 13.8 Å². The van der Waals surface area contributed by atoms with Gasteiger partial charge in [0.25, 0.3) is 0 Å². The number of esters is 1. The molecule has 0 aliphatic heterocycles. The van der Waals surface area contributed by atoms with Crippen LogP contribution in [-0.4, -0.2) is 22.4 Å². The van der Waals surface area contributed by atoms with Gasteiger partial charge in [0.2, 0.25) is 0 Å². The fourth-order valence-electron chi connectivity index (χ4n) is 1.52. The van der Waals surface area contributed by atoms with Crippen LogP contribution < -0.4 is 0 Å². The molecule has 94 valence electrons. The number of rotatable bonds is 3. The van der Waals surface area contributed by atoms with Gasteiger partial charge in [0, 0.05) is 6.20 Å². The highest BCUT2D eigenvalue weighted by atomic mass is 79.9. The fraction of sp³-hybridized carbons (Fsp3) is 0.231. The van der Waals surface area contributed by atoms with Crippen molar-refractivity contribution in [3.05, 3.63) is 46.2 Å². The third-order valence-corrected chi connectivity index (χ3v) is 3.02. The lowest BCUT2D eigenvalue weighted by molar-refractivity contribution is 0.0518. The lowest BCUT2D eigenvalue weighted by Gasteiger charge is -2.01. The molecule has 0 atom stereocenters. The smallest absolute Gasteiger partial charge is 0.360 e. The number of carbonyl (C=O) groups excluding carboxylic acids is 1. The van der Waals surface area contributed by atoms with Gasteiger partial charge in [0.05, 0.1) is 16.8 Å². The Morgan fingerprint density at radius 1 is 1.39 bits per heavy atom. The van der Waals surface area contributed by atoms with Crippen molar-refractivity contribution < 1.29 is 9.53 Å². The zero-order chi connectivity index (χ0) is 13.1. The van der Waals surface area contributed by atoms with Crippen molar-refractivity contribution in [2.75, 3.05) is 6.61 Å². The van der Waals surface area contributed by atoms with Crippen molar-refractivity contribution in [1.82, 2.24) is 9.78 Å². The summed E-state index contributed by atoms with van der Waals surface area (Å²) < 4.78 is 7.21. The van der Waals surface area contributed by atoms with E-state index >= 15 is 0 Å². The Kier molecular flexibility index (Phi) is 3.81. The molecule has 0 spiro atoms. The van der Waals surface area contributed by atoms with Crippen molar-refractivity contribution in [2.24, 2.45) is 0 Å². The third kappa shape index (κ3) is 2.61. The monoisotopic (exact) mass is 308 g/mol. The highest BCUT2D eigenvalue weighted by Crippen LogP contribution is 2.19. The molecule has 4 nitrogen and oxygen atoms in total. The number of carbonyl (C=O) groups is 1. The van der Waals surface area contributed by atoms with Gasteiger partial charge in [-0.1, -0.05) is 17.7 Å². The zero-order valence-corrected chi connectivity index (χ0v) is 11.8. The molecule has 0 aliphatic rings. The molecule has 0 radical (unpaired) electrons. The normalized spacial score (nSPS) is 10.4. The Balaban J connectivity index is 2.34. The second kappa shape index (κ2) is 5.35. The van der Waals surface area contributed by atoms with Gasteiger partial charge in [0.1, 0.15) is 0 Å². The Hall–Kier alpha value is -1.62. The van der Waals surface area contributed by atoms with E-state index in [0.29, 0.717) is 11.1 Å². The molecule has 1 aromatic heterocycles. The lowest BCUT2D eigenvalue weighted by atomic mass is 10.2. The molecule has 5 heteroatoms. The molecule has 2 rings (SSSR count). The minimum absolute atomic E-state index is 0.289. The Morgan fingerprint density at radius 2 is 2.06 bits per heavy atom. The summed E-state index contributed by atoms with van der Waals surface area (Å²) >= 11 is 3.32. The Morgan fingerprint density at radius 3 is 2.67 bits per heavy atom. The van der Waals surface area contributed by atoms with Gasteiger partial charge in [-0.3, -0.25) is 0 Å². The van der Waals surface area contributed by atoms with Crippen LogP contribution in [0.15, 0.2) is 34.9 Å². The van der Waals surface area contributed by atoms with Gasteiger partial charge < -0.3 is 4.74 Å². The number of halogens is 1. The van der Waals surface area contributed by atoms with Crippen LogP contribution in [0.2, 0.25) is 0 Å². The van der Waals surface area contributed by atoms with Gasteiger partial charge in [-0.25, -0.2) is 9.48 Å². The summed E-state index contributed by atoms with van der Waals surface area (Å²) in [5.74, 6) is -0.421. The zero-order valence-electron chi connectivity index (χ0n) is 10.2. The minimum atomic E-state index is -0.421. The molecule has 1 aromatic carbocycles. The summed E-state index contributed by atoms with van der Waals surface area (Å²) in [6, 6.07) is 7.89. The number of ether oxygens (including phenoxy) is 1. The van der Waals surface area contributed by atoms with E-state index in [0.717, 1.165) is 5.69 Å². The second-order valence-corrected chi connectivity index (χ2v) is 4.68. The number of aromatic nitrogens is 2. The summed E-state index contributed by atoms with van der Waals surface area (Å²) in [4.78, 5) is 11.6. The standard InChI is InChI=1S/C13H13BrN2O2/c1-3-18-13(17)12-11(14)8-16(15-12)10-6-4-9(2)5-7-10/h4-8H,3H2,1-2H3. The molecule has 0 N–H and O–H groups in total.